The number of nitrogens with zero attached hydrogens (tertiary/aromatic N) is 2. The maximum absolute atomic E-state index is 12.3. The molecule has 22 heavy (non-hydrogen) atoms. The van der Waals surface area contributed by atoms with Crippen molar-refractivity contribution in [2.45, 2.75) is 12.8 Å². The average Bonchev–Trinajstić information content (AvgIpc) is 2.57. The van der Waals surface area contributed by atoms with Crippen molar-refractivity contribution in [3.63, 3.8) is 0 Å². The van der Waals surface area contributed by atoms with Gasteiger partial charge in [0.25, 0.3) is 5.91 Å². The standard InChI is InChI=1S/C15H19N3O4/c1-17-10-13(19)18(9-5-4-8-16-15(21)22)12-7-3-2-6-11(12)14(17)20/h2-3,6-7,16H,4-5,8-10H2,1H3,(H,21,22). The highest BCUT2D eigenvalue weighted by Crippen LogP contribution is 2.25. The fourth-order valence-corrected chi connectivity index (χ4v) is 2.43. The summed E-state index contributed by atoms with van der Waals surface area (Å²) in [5.41, 5.74) is 1.13. The molecule has 118 valence electrons. The van der Waals surface area contributed by atoms with Crippen LogP contribution in [0.2, 0.25) is 0 Å². The van der Waals surface area contributed by atoms with E-state index >= 15 is 0 Å². The van der Waals surface area contributed by atoms with Crippen LogP contribution in [0.4, 0.5) is 10.5 Å². The highest BCUT2D eigenvalue weighted by atomic mass is 16.4. The second kappa shape index (κ2) is 6.93. The fraction of sp³-hybridized carbons (Fsp3) is 0.400. The minimum atomic E-state index is -1.05. The molecular weight excluding hydrogens is 286 g/mol. The van der Waals surface area contributed by atoms with E-state index < -0.39 is 6.09 Å². The zero-order chi connectivity index (χ0) is 16.1. The normalized spacial score (nSPS) is 14.6. The summed E-state index contributed by atoms with van der Waals surface area (Å²) in [5.74, 6) is -0.300. The van der Waals surface area contributed by atoms with E-state index in [2.05, 4.69) is 5.32 Å². The van der Waals surface area contributed by atoms with Crippen molar-refractivity contribution < 1.29 is 19.5 Å². The Morgan fingerprint density at radius 1 is 1.27 bits per heavy atom. The molecule has 1 aromatic rings. The summed E-state index contributed by atoms with van der Waals surface area (Å²) in [7, 11) is 1.61. The van der Waals surface area contributed by atoms with E-state index in [1.165, 1.54) is 4.90 Å². The Kier molecular flexibility index (Phi) is 4.98. The number of likely N-dealkylation sites (N-methyl/N-ethyl adjacent to an activating group) is 1. The lowest BCUT2D eigenvalue weighted by Gasteiger charge is -2.22. The highest BCUT2D eigenvalue weighted by Gasteiger charge is 2.28. The number of hydrogen-bond donors (Lipinski definition) is 2. The number of para-hydroxylation sites is 1. The van der Waals surface area contributed by atoms with Gasteiger partial charge < -0.3 is 20.2 Å². The number of carbonyl (C=O) groups excluding carboxylic acids is 2. The Hall–Kier alpha value is -2.57. The lowest BCUT2D eigenvalue weighted by molar-refractivity contribution is -0.118. The molecule has 2 N–H and O–H groups in total. The van der Waals surface area contributed by atoms with E-state index in [1.807, 2.05) is 0 Å². The smallest absolute Gasteiger partial charge is 0.404 e. The summed E-state index contributed by atoms with van der Waals surface area (Å²) >= 11 is 0. The molecule has 1 aliphatic rings. The third-order valence-corrected chi connectivity index (χ3v) is 3.53. The SMILES string of the molecule is CN1CC(=O)N(CCCCNC(=O)O)c2ccccc2C1=O. The summed E-state index contributed by atoms with van der Waals surface area (Å²) in [5, 5.41) is 10.8. The van der Waals surface area contributed by atoms with E-state index in [9.17, 15) is 14.4 Å². The molecule has 0 aromatic heterocycles. The molecule has 0 bridgehead atoms. The largest absolute Gasteiger partial charge is 0.465 e. The number of benzene rings is 1. The molecule has 3 amide bonds. The number of amides is 3. The van der Waals surface area contributed by atoms with Crippen molar-refractivity contribution in [3.8, 4) is 0 Å². The predicted octanol–water partition coefficient (Wildman–Crippen LogP) is 1.15. The van der Waals surface area contributed by atoms with Crippen LogP contribution in [-0.4, -0.2) is 54.6 Å². The zero-order valence-corrected chi connectivity index (χ0v) is 12.4. The lowest BCUT2D eigenvalue weighted by atomic mass is 10.1. The maximum atomic E-state index is 12.3. The van der Waals surface area contributed by atoms with Crippen LogP contribution in [-0.2, 0) is 4.79 Å². The van der Waals surface area contributed by atoms with Gasteiger partial charge in [-0.3, -0.25) is 9.59 Å². The number of nitrogens with one attached hydrogen (secondary N) is 1. The minimum absolute atomic E-state index is 0.0425. The average molecular weight is 305 g/mol. The molecule has 0 saturated heterocycles. The summed E-state index contributed by atoms with van der Waals surface area (Å²) < 4.78 is 0. The summed E-state index contributed by atoms with van der Waals surface area (Å²) in [6.07, 6.45) is 0.226. The van der Waals surface area contributed by atoms with Gasteiger partial charge in [-0.2, -0.15) is 0 Å². The van der Waals surface area contributed by atoms with Gasteiger partial charge in [0.2, 0.25) is 5.91 Å². The molecule has 7 heteroatoms. The van der Waals surface area contributed by atoms with Gasteiger partial charge in [0.15, 0.2) is 0 Å². The van der Waals surface area contributed by atoms with Gasteiger partial charge in [-0.1, -0.05) is 12.1 Å². The molecule has 0 fully saturated rings. The van der Waals surface area contributed by atoms with Gasteiger partial charge in [-0.05, 0) is 25.0 Å². The molecule has 1 aromatic carbocycles. The third kappa shape index (κ3) is 3.55. The van der Waals surface area contributed by atoms with Gasteiger partial charge in [0.1, 0.15) is 6.54 Å². The number of hydrogen-bond acceptors (Lipinski definition) is 3. The molecule has 0 spiro atoms. The molecule has 0 radical (unpaired) electrons. The van der Waals surface area contributed by atoms with E-state index in [-0.39, 0.29) is 18.4 Å². The van der Waals surface area contributed by atoms with Crippen LogP contribution >= 0.6 is 0 Å². The van der Waals surface area contributed by atoms with Gasteiger partial charge in [-0.25, -0.2) is 4.79 Å². The van der Waals surface area contributed by atoms with Gasteiger partial charge in [0, 0.05) is 20.1 Å². The topological polar surface area (TPSA) is 90.0 Å². The lowest BCUT2D eigenvalue weighted by Crippen LogP contribution is -2.38. The van der Waals surface area contributed by atoms with Crippen molar-refractivity contribution in [3.05, 3.63) is 29.8 Å². The Morgan fingerprint density at radius 3 is 2.73 bits per heavy atom. The first-order valence-corrected chi connectivity index (χ1v) is 7.12. The quantitative estimate of drug-likeness (QED) is 0.799. The van der Waals surface area contributed by atoms with E-state index in [0.717, 1.165) is 0 Å². The molecule has 0 unspecified atom stereocenters. The van der Waals surface area contributed by atoms with Crippen molar-refractivity contribution >= 4 is 23.6 Å². The van der Waals surface area contributed by atoms with Crippen molar-refractivity contribution in [1.82, 2.24) is 10.2 Å². The van der Waals surface area contributed by atoms with Crippen molar-refractivity contribution in [1.29, 1.82) is 0 Å². The van der Waals surface area contributed by atoms with Gasteiger partial charge in [-0.15, -0.1) is 0 Å². The van der Waals surface area contributed by atoms with Crippen LogP contribution in [0.3, 0.4) is 0 Å². The third-order valence-electron chi connectivity index (χ3n) is 3.53. The maximum Gasteiger partial charge on any atom is 0.404 e. The molecule has 1 heterocycles. The first-order chi connectivity index (χ1) is 10.5. The molecule has 2 rings (SSSR count). The number of unbranched alkanes of at least 4 members (excludes halogenated alkanes) is 1. The summed E-state index contributed by atoms with van der Waals surface area (Å²) in [4.78, 5) is 38.0. The van der Waals surface area contributed by atoms with Gasteiger partial charge >= 0.3 is 6.09 Å². The monoisotopic (exact) mass is 305 g/mol. The molecule has 1 aliphatic heterocycles. The van der Waals surface area contributed by atoms with Crippen LogP contribution in [0.25, 0.3) is 0 Å². The molecule has 0 saturated carbocycles. The minimum Gasteiger partial charge on any atom is -0.465 e. The highest BCUT2D eigenvalue weighted by molar-refractivity contribution is 6.09. The molecular formula is C15H19N3O4. The second-order valence-electron chi connectivity index (χ2n) is 5.16. The first-order valence-electron chi connectivity index (χ1n) is 7.12. The van der Waals surface area contributed by atoms with Crippen molar-refractivity contribution in [2.75, 3.05) is 31.6 Å². The second-order valence-corrected chi connectivity index (χ2v) is 5.16. The van der Waals surface area contributed by atoms with E-state index in [4.69, 9.17) is 5.11 Å². The molecule has 0 aliphatic carbocycles. The van der Waals surface area contributed by atoms with E-state index in [1.54, 1.807) is 36.2 Å². The number of fused-ring (bicyclic) bond motifs is 1. The Morgan fingerprint density at radius 2 is 2.00 bits per heavy atom. The number of rotatable bonds is 5. The number of anilines is 1. The van der Waals surface area contributed by atoms with Crippen LogP contribution in [0.15, 0.2) is 24.3 Å². The van der Waals surface area contributed by atoms with Crippen molar-refractivity contribution in [2.24, 2.45) is 0 Å². The van der Waals surface area contributed by atoms with Crippen LogP contribution in [0.5, 0.6) is 0 Å². The molecule has 7 nitrogen and oxygen atoms in total. The fourth-order valence-electron chi connectivity index (χ4n) is 2.43. The van der Waals surface area contributed by atoms with Crippen LogP contribution < -0.4 is 10.2 Å². The van der Waals surface area contributed by atoms with Gasteiger partial charge in [0.05, 0.1) is 11.3 Å². The Labute approximate surface area is 128 Å². The summed E-state index contributed by atoms with van der Waals surface area (Å²) in [6.45, 7) is 0.844. The predicted molar refractivity (Wildman–Crippen MR) is 81.0 cm³/mol. The number of carboxylic acid groups (broad SMARTS) is 1. The Bertz CT molecular complexity index is 588. The van der Waals surface area contributed by atoms with E-state index in [0.29, 0.717) is 37.2 Å². The number of carbonyl (C=O) groups is 3. The first kappa shape index (κ1) is 15.8. The summed E-state index contributed by atoms with van der Waals surface area (Å²) in [6, 6.07) is 7.05. The van der Waals surface area contributed by atoms with Crippen LogP contribution in [0, 0.1) is 0 Å². The van der Waals surface area contributed by atoms with Crippen LogP contribution in [0.1, 0.15) is 23.2 Å². The Balaban J connectivity index is 2.09. The zero-order valence-electron chi connectivity index (χ0n) is 12.4. The molecule has 0 atom stereocenters.